The highest BCUT2D eigenvalue weighted by Crippen LogP contribution is 2.29. The second-order valence-corrected chi connectivity index (χ2v) is 6.43. The maximum atomic E-state index is 14.5. The van der Waals surface area contributed by atoms with E-state index in [2.05, 4.69) is 5.32 Å². The summed E-state index contributed by atoms with van der Waals surface area (Å²) in [6, 6.07) is 4.48. The highest BCUT2D eigenvalue weighted by Gasteiger charge is 2.33. The van der Waals surface area contributed by atoms with Gasteiger partial charge in [0.1, 0.15) is 11.9 Å². The average Bonchev–Trinajstić information content (AvgIpc) is 3.15. The molecule has 0 radical (unpaired) electrons. The second kappa shape index (κ2) is 7.32. The maximum absolute atomic E-state index is 14.5. The number of halogens is 1. The molecule has 0 unspecified atom stereocenters. The summed E-state index contributed by atoms with van der Waals surface area (Å²) in [7, 11) is 3.11. The molecule has 26 heavy (non-hydrogen) atoms. The van der Waals surface area contributed by atoms with E-state index in [4.69, 9.17) is 21.7 Å². The molecular weight excluding hydrogens is 363 g/mol. The lowest BCUT2D eigenvalue weighted by molar-refractivity contribution is -0.125. The fourth-order valence-corrected chi connectivity index (χ4v) is 2.94. The number of methoxy groups -OCH3 is 1. The van der Waals surface area contributed by atoms with Crippen LogP contribution in [0.4, 0.5) is 20.6 Å². The Kier molecular flexibility index (Phi) is 5.12. The summed E-state index contributed by atoms with van der Waals surface area (Å²) in [4.78, 5) is 28.2. The largest absolute Gasteiger partial charge is 0.474 e. The molecule has 2 aliphatic heterocycles. The topological polar surface area (TPSA) is 74.4 Å². The molecule has 0 spiro atoms. The third-order valence-electron chi connectivity index (χ3n) is 4.25. The molecule has 140 valence electrons. The first-order valence-electron chi connectivity index (χ1n) is 7.97. The Morgan fingerprint density at radius 1 is 1.46 bits per heavy atom. The van der Waals surface area contributed by atoms with Crippen LogP contribution in [0.5, 0.6) is 0 Å². The van der Waals surface area contributed by atoms with E-state index in [1.807, 2.05) is 0 Å². The van der Waals surface area contributed by atoms with Crippen molar-refractivity contribution in [1.82, 2.24) is 10.2 Å². The smallest absolute Gasteiger partial charge is 0.414 e. The number of nitrogens with one attached hydrogen (secondary N) is 1. The van der Waals surface area contributed by atoms with Gasteiger partial charge in [-0.2, -0.15) is 0 Å². The fraction of sp³-hybridized carbons (Fsp3) is 0.438. The zero-order valence-electron chi connectivity index (χ0n) is 14.4. The van der Waals surface area contributed by atoms with Gasteiger partial charge in [-0.15, -0.1) is 0 Å². The van der Waals surface area contributed by atoms with E-state index in [9.17, 15) is 14.0 Å². The van der Waals surface area contributed by atoms with Gasteiger partial charge in [0.15, 0.2) is 0 Å². The first-order chi connectivity index (χ1) is 12.4. The van der Waals surface area contributed by atoms with Crippen LogP contribution in [-0.4, -0.2) is 68.6 Å². The van der Waals surface area contributed by atoms with E-state index >= 15 is 0 Å². The molecule has 2 saturated heterocycles. The lowest BCUT2D eigenvalue weighted by Gasteiger charge is -2.20. The van der Waals surface area contributed by atoms with Gasteiger partial charge >= 0.3 is 6.09 Å². The van der Waals surface area contributed by atoms with Crippen molar-refractivity contribution in [2.45, 2.75) is 6.10 Å². The van der Waals surface area contributed by atoms with Gasteiger partial charge in [-0.25, -0.2) is 9.18 Å². The Balaban J connectivity index is 1.68. The van der Waals surface area contributed by atoms with E-state index in [0.717, 1.165) is 0 Å². The zero-order valence-corrected chi connectivity index (χ0v) is 15.2. The van der Waals surface area contributed by atoms with Crippen molar-refractivity contribution in [3.63, 3.8) is 0 Å². The minimum absolute atomic E-state index is 0.0686. The molecular formula is C16H19FN4O4S. The van der Waals surface area contributed by atoms with Crippen LogP contribution in [0, 0.1) is 5.82 Å². The van der Waals surface area contributed by atoms with Crippen LogP contribution in [0.3, 0.4) is 0 Å². The normalized spacial score (nSPS) is 19.8. The summed E-state index contributed by atoms with van der Waals surface area (Å²) < 4.78 is 24.6. The molecule has 2 amide bonds. The van der Waals surface area contributed by atoms with Crippen LogP contribution in [0.2, 0.25) is 0 Å². The monoisotopic (exact) mass is 382 g/mol. The number of amides is 2. The lowest BCUT2D eigenvalue weighted by atomic mass is 10.2. The van der Waals surface area contributed by atoms with Crippen LogP contribution in [0.25, 0.3) is 0 Å². The predicted molar refractivity (Wildman–Crippen MR) is 96.6 cm³/mol. The highest BCUT2D eigenvalue weighted by molar-refractivity contribution is 7.80. The number of benzene rings is 1. The van der Waals surface area contributed by atoms with Gasteiger partial charge in [0.25, 0.3) is 5.17 Å². The van der Waals surface area contributed by atoms with E-state index in [1.54, 1.807) is 24.1 Å². The Morgan fingerprint density at radius 2 is 2.23 bits per heavy atom. The van der Waals surface area contributed by atoms with Gasteiger partial charge in [-0.1, -0.05) is 0 Å². The molecule has 2 aliphatic rings. The molecule has 0 bridgehead atoms. The second-order valence-electron chi connectivity index (χ2n) is 6.06. The third kappa shape index (κ3) is 3.64. The van der Waals surface area contributed by atoms with Crippen LogP contribution in [0.1, 0.15) is 0 Å². The first kappa shape index (κ1) is 18.2. The van der Waals surface area contributed by atoms with Gasteiger partial charge in [-0.3, -0.25) is 9.69 Å². The molecule has 0 aliphatic carbocycles. The van der Waals surface area contributed by atoms with Gasteiger partial charge in [0.2, 0.25) is 5.91 Å². The van der Waals surface area contributed by atoms with Crippen molar-refractivity contribution >= 4 is 40.8 Å². The standard InChI is InChI=1S/C16H19FN4O4S/c1-19-9-20(8-14(19)22)13-4-3-10(5-12(13)17)21-7-11(25-16(21)23)6-18-15(26)24-2/h3-5,11H,6-9H2,1-2H3,(H,18,26)/t11-/m0/s1. The summed E-state index contributed by atoms with van der Waals surface area (Å²) in [5.74, 6) is -0.568. The van der Waals surface area contributed by atoms with Crippen LogP contribution >= 0.6 is 12.2 Å². The van der Waals surface area contributed by atoms with Crippen molar-refractivity contribution in [1.29, 1.82) is 0 Å². The summed E-state index contributed by atoms with van der Waals surface area (Å²) >= 11 is 4.87. The molecule has 8 nitrogen and oxygen atoms in total. The number of cyclic esters (lactones) is 1. The van der Waals surface area contributed by atoms with E-state index < -0.39 is 18.0 Å². The number of rotatable bonds is 4. The quantitative estimate of drug-likeness (QED) is 0.776. The fourth-order valence-electron chi connectivity index (χ4n) is 2.86. The number of ether oxygens (including phenoxy) is 2. The Morgan fingerprint density at radius 3 is 2.85 bits per heavy atom. The Labute approximate surface area is 155 Å². The number of carbonyl (C=O) groups is 2. The van der Waals surface area contributed by atoms with Crippen LogP contribution in [0.15, 0.2) is 18.2 Å². The van der Waals surface area contributed by atoms with Crippen molar-refractivity contribution in [3.8, 4) is 0 Å². The molecule has 0 saturated carbocycles. The Hall–Kier alpha value is -2.62. The van der Waals surface area contributed by atoms with Crippen molar-refractivity contribution in [2.24, 2.45) is 0 Å². The van der Waals surface area contributed by atoms with Crippen molar-refractivity contribution in [3.05, 3.63) is 24.0 Å². The number of carbonyl (C=O) groups excluding carboxylic acids is 2. The van der Waals surface area contributed by atoms with Gasteiger partial charge in [0, 0.05) is 7.05 Å². The summed E-state index contributed by atoms with van der Waals surface area (Å²) in [5, 5.41) is 3.03. The van der Waals surface area contributed by atoms with Gasteiger partial charge in [0.05, 0.1) is 44.8 Å². The van der Waals surface area contributed by atoms with Gasteiger partial charge < -0.3 is 24.6 Å². The van der Waals surface area contributed by atoms with E-state index in [0.29, 0.717) is 24.6 Å². The number of hydrogen-bond acceptors (Lipinski definition) is 6. The first-order valence-corrected chi connectivity index (χ1v) is 8.38. The predicted octanol–water partition coefficient (Wildman–Crippen LogP) is 0.908. The minimum Gasteiger partial charge on any atom is -0.474 e. The number of nitrogens with zero attached hydrogens (tertiary/aromatic N) is 3. The molecule has 3 rings (SSSR count). The minimum atomic E-state index is -0.552. The SMILES string of the molecule is COC(=S)NC[C@H]1CN(c2ccc(N3CC(=O)N(C)C3)c(F)c2)C(=O)O1. The molecule has 2 heterocycles. The number of likely N-dealkylation sites (N-methyl/N-ethyl adjacent to an activating group) is 1. The van der Waals surface area contributed by atoms with Crippen molar-refractivity contribution in [2.75, 3.05) is 50.3 Å². The molecule has 1 N–H and O–H groups in total. The summed E-state index contributed by atoms with van der Waals surface area (Å²) in [6.45, 7) is 1.03. The molecule has 1 aromatic rings. The molecule has 0 aromatic heterocycles. The van der Waals surface area contributed by atoms with Crippen LogP contribution in [-0.2, 0) is 14.3 Å². The highest BCUT2D eigenvalue weighted by atomic mass is 32.1. The number of thiocarbonyl (C=S) groups is 1. The Bertz CT molecular complexity index is 747. The zero-order chi connectivity index (χ0) is 18.8. The van der Waals surface area contributed by atoms with E-state index in [1.165, 1.54) is 23.0 Å². The van der Waals surface area contributed by atoms with Crippen LogP contribution < -0.4 is 15.1 Å². The molecule has 10 heteroatoms. The van der Waals surface area contributed by atoms with Gasteiger partial charge in [-0.05, 0) is 30.4 Å². The summed E-state index contributed by atoms with van der Waals surface area (Å²) in [5.41, 5.74) is 0.717. The van der Waals surface area contributed by atoms with Crippen molar-refractivity contribution < 1.29 is 23.5 Å². The van der Waals surface area contributed by atoms with E-state index in [-0.39, 0.29) is 24.2 Å². The lowest BCUT2D eigenvalue weighted by Crippen LogP contribution is -2.34. The number of anilines is 2. The molecule has 1 aromatic carbocycles. The molecule has 2 fully saturated rings. The number of hydrogen-bond donors (Lipinski definition) is 1. The third-order valence-corrected chi connectivity index (χ3v) is 4.56. The maximum Gasteiger partial charge on any atom is 0.414 e. The molecule has 1 atom stereocenters. The average molecular weight is 382 g/mol. The summed E-state index contributed by atoms with van der Waals surface area (Å²) in [6.07, 6.45) is -0.980.